The summed E-state index contributed by atoms with van der Waals surface area (Å²) in [6.07, 6.45) is 1.29. The van der Waals surface area contributed by atoms with E-state index in [1.165, 1.54) is 18.0 Å². The molecule has 0 N–H and O–H groups in total. The molecule has 0 bridgehead atoms. The van der Waals surface area contributed by atoms with E-state index in [0.717, 1.165) is 5.92 Å². The van der Waals surface area contributed by atoms with E-state index >= 15 is 0 Å². The van der Waals surface area contributed by atoms with Crippen molar-refractivity contribution >= 4 is 8.32 Å². The standard InChI is InChI=1S/C18H28OSi/c1-13(2)18-14(3)11-16(15-9-7-6-8-10-15)17(18)12-20(4,5)19-18/h6-10,13-14,16-17H,11-12H2,1-5H3/t14-,16-,17+,18-/m0/s1. The zero-order valence-corrected chi connectivity index (χ0v) is 14.5. The minimum atomic E-state index is -1.49. The zero-order valence-electron chi connectivity index (χ0n) is 13.5. The van der Waals surface area contributed by atoms with E-state index in [-0.39, 0.29) is 5.60 Å². The van der Waals surface area contributed by atoms with Crippen molar-refractivity contribution in [1.82, 2.24) is 0 Å². The molecular weight excluding hydrogens is 260 g/mol. The third-order valence-corrected chi connectivity index (χ3v) is 8.07. The van der Waals surface area contributed by atoms with Crippen LogP contribution in [0.15, 0.2) is 30.3 Å². The smallest absolute Gasteiger partial charge is 0.187 e. The van der Waals surface area contributed by atoms with E-state index in [1.807, 2.05) is 0 Å². The van der Waals surface area contributed by atoms with Crippen LogP contribution < -0.4 is 0 Å². The van der Waals surface area contributed by atoms with Gasteiger partial charge in [0.05, 0.1) is 5.60 Å². The molecule has 0 spiro atoms. The van der Waals surface area contributed by atoms with Gasteiger partial charge in [0.25, 0.3) is 0 Å². The maximum Gasteiger partial charge on any atom is 0.187 e. The Kier molecular flexibility index (Phi) is 3.37. The highest BCUT2D eigenvalue weighted by Crippen LogP contribution is 2.62. The van der Waals surface area contributed by atoms with E-state index in [4.69, 9.17) is 4.43 Å². The molecule has 0 aromatic heterocycles. The van der Waals surface area contributed by atoms with Gasteiger partial charge in [-0.3, -0.25) is 0 Å². The fourth-order valence-corrected chi connectivity index (χ4v) is 8.41. The van der Waals surface area contributed by atoms with Crippen LogP contribution in [0.4, 0.5) is 0 Å². The summed E-state index contributed by atoms with van der Waals surface area (Å²) in [4.78, 5) is 0. The predicted molar refractivity (Wildman–Crippen MR) is 87.4 cm³/mol. The second-order valence-electron chi connectivity index (χ2n) is 7.83. The largest absolute Gasteiger partial charge is 0.411 e. The fourth-order valence-electron chi connectivity index (χ4n) is 5.12. The first-order chi connectivity index (χ1) is 9.37. The highest BCUT2D eigenvalue weighted by Gasteiger charge is 2.63. The second kappa shape index (κ2) is 4.71. The highest BCUT2D eigenvalue weighted by atomic mass is 28.4. The van der Waals surface area contributed by atoms with Crippen molar-refractivity contribution < 1.29 is 4.43 Å². The van der Waals surface area contributed by atoms with Crippen LogP contribution in [-0.2, 0) is 4.43 Å². The van der Waals surface area contributed by atoms with Crippen LogP contribution in [0.5, 0.6) is 0 Å². The summed E-state index contributed by atoms with van der Waals surface area (Å²) in [6, 6.07) is 12.5. The van der Waals surface area contributed by atoms with Crippen LogP contribution >= 0.6 is 0 Å². The Hall–Kier alpha value is -0.603. The first-order valence-corrected chi connectivity index (χ1v) is 11.2. The highest BCUT2D eigenvalue weighted by molar-refractivity contribution is 6.72. The number of hydrogen-bond acceptors (Lipinski definition) is 1. The summed E-state index contributed by atoms with van der Waals surface area (Å²) >= 11 is 0. The van der Waals surface area contributed by atoms with Crippen LogP contribution in [0.2, 0.25) is 19.1 Å². The molecule has 1 saturated carbocycles. The molecule has 1 aromatic carbocycles. The van der Waals surface area contributed by atoms with Crippen LogP contribution in [0.3, 0.4) is 0 Å². The molecule has 3 rings (SSSR count). The molecule has 1 heterocycles. The summed E-state index contributed by atoms with van der Waals surface area (Å²) < 4.78 is 6.82. The molecule has 1 aliphatic heterocycles. The Morgan fingerprint density at radius 2 is 1.85 bits per heavy atom. The van der Waals surface area contributed by atoms with E-state index in [1.54, 1.807) is 0 Å². The van der Waals surface area contributed by atoms with Crippen molar-refractivity contribution in [2.75, 3.05) is 0 Å². The fraction of sp³-hybridized carbons (Fsp3) is 0.667. The molecule has 1 saturated heterocycles. The third kappa shape index (κ3) is 2.00. The number of rotatable bonds is 2. The van der Waals surface area contributed by atoms with Crippen LogP contribution in [0, 0.1) is 17.8 Å². The molecule has 0 amide bonds. The van der Waals surface area contributed by atoms with Gasteiger partial charge < -0.3 is 4.43 Å². The number of fused-ring (bicyclic) bond motifs is 1. The van der Waals surface area contributed by atoms with Crippen molar-refractivity contribution in [2.24, 2.45) is 17.8 Å². The average molecular weight is 289 g/mol. The van der Waals surface area contributed by atoms with Gasteiger partial charge in [-0.1, -0.05) is 51.1 Å². The molecule has 2 heteroatoms. The molecule has 0 radical (unpaired) electrons. The van der Waals surface area contributed by atoms with Gasteiger partial charge in [0.2, 0.25) is 0 Å². The minimum Gasteiger partial charge on any atom is -0.411 e. The maximum absolute atomic E-state index is 6.82. The molecular formula is C18H28OSi. The molecule has 2 fully saturated rings. The molecule has 1 aliphatic carbocycles. The van der Waals surface area contributed by atoms with E-state index in [0.29, 0.717) is 17.8 Å². The molecule has 1 nitrogen and oxygen atoms in total. The Labute approximate surface area is 124 Å². The summed E-state index contributed by atoms with van der Waals surface area (Å²) in [7, 11) is -1.49. The van der Waals surface area contributed by atoms with Crippen LogP contribution in [0.1, 0.15) is 38.7 Å². The first-order valence-electron chi connectivity index (χ1n) is 8.12. The van der Waals surface area contributed by atoms with Crippen molar-refractivity contribution in [2.45, 2.75) is 57.8 Å². The molecule has 110 valence electrons. The second-order valence-corrected chi connectivity index (χ2v) is 12.0. The molecule has 20 heavy (non-hydrogen) atoms. The van der Waals surface area contributed by atoms with Gasteiger partial charge in [0.15, 0.2) is 8.32 Å². The molecule has 2 aliphatic rings. The number of benzene rings is 1. The van der Waals surface area contributed by atoms with Crippen molar-refractivity contribution in [3.8, 4) is 0 Å². The van der Waals surface area contributed by atoms with E-state index < -0.39 is 8.32 Å². The van der Waals surface area contributed by atoms with Crippen molar-refractivity contribution in [3.05, 3.63) is 35.9 Å². The van der Waals surface area contributed by atoms with Gasteiger partial charge in [-0.05, 0) is 54.8 Å². The quantitative estimate of drug-likeness (QED) is 0.691. The third-order valence-electron chi connectivity index (χ3n) is 5.74. The zero-order chi connectivity index (χ0) is 14.5. The van der Waals surface area contributed by atoms with Gasteiger partial charge in [-0.15, -0.1) is 0 Å². The maximum atomic E-state index is 6.82. The van der Waals surface area contributed by atoms with Gasteiger partial charge in [0.1, 0.15) is 0 Å². The molecule has 0 unspecified atom stereocenters. The molecule has 1 aromatic rings. The SMILES string of the molecule is CC(C)[C@@]12O[Si](C)(C)C[C@@H]1[C@H](c1ccccc1)C[C@@H]2C. The number of hydrogen-bond donors (Lipinski definition) is 0. The average Bonchev–Trinajstić information content (AvgIpc) is 2.82. The predicted octanol–water partition coefficient (Wildman–Crippen LogP) is 5.06. The minimum absolute atomic E-state index is 0.135. The van der Waals surface area contributed by atoms with Gasteiger partial charge in [-0.25, -0.2) is 0 Å². The Morgan fingerprint density at radius 3 is 2.45 bits per heavy atom. The van der Waals surface area contributed by atoms with Crippen molar-refractivity contribution in [3.63, 3.8) is 0 Å². The van der Waals surface area contributed by atoms with Gasteiger partial charge in [-0.2, -0.15) is 0 Å². The van der Waals surface area contributed by atoms with E-state index in [2.05, 4.69) is 64.2 Å². The lowest BCUT2D eigenvalue weighted by Gasteiger charge is -2.40. The van der Waals surface area contributed by atoms with Gasteiger partial charge >= 0.3 is 0 Å². The lowest BCUT2D eigenvalue weighted by molar-refractivity contribution is -0.0230. The normalized spacial score (nSPS) is 39.2. The summed E-state index contributed by atoms with van der Waals surface area (Å²) in [5.41, 5.74) is 1.66. The van der Waals surface area contributed by atoms with E-state index in [9.17, 15) is 0 Å². The molecule has 4 atom stereocenters. The topological polar surface area (TPSA) is 9.23 Å². The Balaban J connectivity index is 2.02. The monoisotopic (exact) mass is 288 g/mol. The van der Waals surface area contributed by atoms with Gasteiger partial charge in [0, 0.05) is 0 Å². The summed E-state index contributed by atoms with van der Waals surface area (Å²) in [6.45, 7) is 12.0. The van der Waals surface area contributed by atoms with Crippen molar-refractivity contribution in [1.29, 1.82) is 0 Å². The lowest BCUT2D eigenvalue weighted by Crippen LogP contribution is -2.45. The Morgan fingerprint density at radius 1 is 1.20 bits per heavy atom. The van der Waals surface area contributed by atoms with Crippen LogP contribution in [-0.4, -0.2) is 13.9 Å². The lowest BCUT2D eigenvalue weighted by atomic mass is 9.75. The summed E-state index contributed by atoms with van der Waals surface area (Å²) in [5.74, 6) is 2.71. The first kappa shape index (κ1) is 14.3. The van der Waals surface area contributed by atoms with Crippen LogP contribution in [0.25, 0.3) is 0 Å². The Bertz CT molecular complexity index is 481. The summed E-state index contributed by atoms with van der Waals surface area (Å²) in [5, 5.41) is 0.